The standard InChI is InChI=1S/C15H23NO3/c1-3-16-11-12-10-14(17-2)4-5-15(12)19-13-6-8-18-9-7-13/h4-5,10,13,16H,3,6-9,11H2,1-2H3. The predicted octanol–water partition coefficient (Wildman–Crippen LogP) is 2.36. The molecule has 0 saturated carbocycles. The van der Waals surface area contributed by atoms with E-state index in [-0.39, 0.29) is 6.10 Å². The molecule has 1 aromatic carbocycles. The third-order valence-corrected chi connectivity index (χ3v) is 3.30. The van der Waals surface area contributed by atoms with Gasteiger partial charge in [-0.25, -0.2) is 0 Å². The molecule has 0 spiro atoms. The Morgan fingerprint density at radius 2 is 2.11 bits per heavy atom. The van der Waals surface area contributed by atoms with Crippen LogP contribution in [0.3, 0.4) is 0 Å². The Morgan fingerprint density at radius 3 is 2.79 bits per heavy atom. The van der Waals surface area contributed by atoms with E-state index in [1.165, 1.54) is 0 Å². The monoisotopic (exact) mass is 265 g/mol. The number of nitrogens with one attached hydrogen (secondary N) is 1. The number of rotatable bonds is 6. The van der Waals surface area contributed by atoms with Gasteiger partial charge in [-0.3, -0.25) is 0 Å². The third kappa shape index (κ3) is 4.11. The molecule has 4 nitrogen and oxygen atoms in total. The Kier molecular flexibility index (Phi) is 5.48. The quantitative estimate of drug-likeness (QED) is 0.857. The highest BCUT2D eigenvalue weighted by Crippen LogP contribution is 2.26. The van der Waals surface area contributed by atoms with Crippen molar-refractivity contribution in [3.63, 3.8) is 0 Å². The normalized spacial score (nSPS) is 16.3. The van der Waals surface area contributed by atoms with Gasteiger partial charge >= 0.3 is 0 Å². The Morgan fingerprint density at radius 1 is 1.32 bits per heavy atom. The van der Waals surface area contributed by atoms with E-state index < -0.39 is 0 Å². The minimum Gasteiger partial charge on any atom is -0.497 e. The van der Waals surface area contributed by atoms with Gasteiger partial charge < -0.3 is 19.5 Å². The lowest BCUT2D eigenvalue weighted by molar-refractivity contribution is 0.0251. The topological polar surface area (TPSA) is 39.7 Å². The fourth-order valence-corrected chi connectivity index (χ4v) is 2.17. The van der Waals surface area contributed by atoms with Gasteiger partial charge in [-0.1, -0.05) is 6.92 Å². The molecule has 0 radical (unpaired) electrons. The van der Waals surface area contributed by atoms with E-state index in [1.807, 2.05) is 18.2 Å². The zero-order chi connectivity index (χ0) is 13.5. The van der Waals surface area contributed by atoms with Crippen molar-refractivity contribution in [1.82, 2.24) is 5.32 Å². The Labute approximate surface area is 115 Å². The zero-order valence-electron chi connectivity index (χ0n) is 11.8. The number of benzene rings is 1. The highest BCUT2D eigenvalue weighted by molar-refractivity contribution is 5.40. The molecule has 0 atom stereocenters. The molecule has 1 aliphatic rings. The van der Waals surface area contributed by atoms with E-state index in [9.17, 15) is 0 Å². The van der Waals surface area contributed by atoms with Crippen LogP contribution in [0.4, 0.5) is 0 Å². The van der Waals surface area contributed by atoms with Crippen molar-refractivity contribution in [3.05, 3.63) is 23.8 Å². The summed E-state index contributed by atoms with van der Waals surface area (Å²) in [6.07, 6.45) is 2.20. The van der Waals surface area contributed by atoms with Crippen LogP contribution in [-0.2, 0) is 11.3 Å². The van der Waals surface area contributed by atoms with Crippen molar-refractivity contribution in [2.24, 2.45) is 0 Å². The minimum absolute atomic E-state index is 0.266. The molecule has 0 aromatic heterocycles. The van der Waals surface area contributed by atoms with Gasteiger partial charge in [0.25, 0.3) is 0 Å². The summed E-state index contributed by atoms with van der Waals surface area (Å²) in [6.45, 7) is 5.42. The summed E-state index contributed by atoms with van der Waals surface area (Å²) >= 11 is 0. The first-order valence-corrected chi connectivity index (χ1v) is 6.95. The largest absolute Gasteiger partial charge is 0.497 e. The van der Waals surface area contributed by atoms with E-state index in [0.29, 0.717) is 0 Å². The van der Waals surface area contributed by atoms with Gasteiger partial charge in [0.05, 0.1) is 20.3 Å². The third-order valence-electron chi connectivity index (χ3n) is 3.30. The molecule has 1 fully saturated rings. The highest BCUT2D eigenvalue weighted by Gasteiger charge is 2.17. The van der Waals surface area contributed by atoms with Crippen LogP contribution in [0.25, 0.3) is 0 Å². The summed E-state index contributed by atoms with van der Waals surface area (Å²) in [5, 5.41) is 3.33. The lowest BCUT2D eigenvalue weighted by atomic mass is 10.1. The van der Waals surface area contributed by atoms with Crippen LogP contribution in [0.2, 0.25) is 0 Å². The van der Waals surface area contributed by atoms with E-state index >= 15 is 0 Å². The molecule has 1 heterocycles. The molecule has 4 heteroatoms. The summed E-state index contributed by atoms with van der Waals surface area (Å²) in [5.74, 6) is 1.82. The van der Waals surface area contributed by atoms with E-state index in [0.717, 1.165) is 56.2 Å². The second kappa shape index (κ2) is 7.36. The van der Waals surface area contributed by atoms with Crippen LogP contribution < -0.4 is 14.8 Å². The SMILES string of the molecule is CCNCc1cc(OC)ccc1OC1CCOCC1. The lowest BCUT2D eigenvalue weighted by Gasteiger charge is -2.24. The van der Waals surface area contributed by atoms with Gasteiger partial charge in [0.2, 0.25) is 0 Å². The molecule has 19 heavy (non-hydrogen) atoms. The van der Waals surface area contributed by atoms with E-state index in [2.05, 4.69) is 12.2 Å². The fourth-order valence-electron chi connectivity index (χ4n) is 2.17. The first-order chi connectivity index (χ1) is 9.33. The van der Waals surface area contributed by atoms with Gasteiger partial charge in [-0.15, -0.1) is 0 Å². The van der Waals surface area contributed by atoms with Crippen molar-refractivity contribution in [2.75, 3.05) is 26.9 Å². The lowest BCUT2D eigenvalue weighted by Crippen LogP contribution is -2.26. The first-order valence-electron chi connectivity index (χ1n) is 6.95. The summed E-state index contributed by atoms with van der Waals surface area (Å²) in [5.41, 5.74) is 1.15. The molecule has 0 unspecified atom stereocenters. The molecule has 0 amide bonds. The van der Waals surface area contributed by atoms with Gasteiger partial charge in [0.1, 0.15) is 17.6 Å². The van der Waals surface area contributed by atoms with E-state index in [1.54, 1.807) is 7.11 Å². The Balaban J connectivity index is 2.07. The van der Waals surface area contributed by atoms with Crippen LogP contribution in [0.15, 0.2) is 18.2 Å². The maximum absolute atomic E-state index is 6.11. The van der Waals surface area contributed by atoms with Crippen molar-refractivity contribution < 1.29 is 14.2 Å². The molecule has 0 bridgehead atoms. The van der Waals surface area contributed by atoms with Gasteiger partial charge in [-0.05, 0) is 24.7 Å². The molecule has 106 valence electrons. The average molecular weight is 265 g/mol. The highest BCUT2D eigenvalue weighted by atomic mass is 16.5. The summed E-state index contributed by atoms with van der Waals surface area (Å²) in [6, 6.07) is 5.99. The number of ether oxygens (including phenoxy) is 3. The van der Waals surface area contributed by atoms with Crippen LogP contribution in [-0.4, -0.2) is 33.0 Å². The molecule has 1 saturated heterocycles. The Bertz CT molecular complexity index is 389. The molecule has 0 aliphatic carbocycles. The van der Waals surface area contributed by atoms with Crippen LogP contribution in [0, 0.1) is 0 Å². The fraction of sp³-hybridized carbons (Fsp3) is 0.600. The van der Waals surface area contributed by atoms with Crippen LogP contribution in [0.1, 0.15) is 25.3 Å². The minimum atomic E-state index is 0.266. The smallest absolute Gasteiger partial charge is 0.124 e. The van der Waals surface area contributed by atoms with Crippen molar-refractivity contribution in [1.29, 1.82) is 0 Å². The molecular weight excluding hydrogens is 242 g/mol. The van der Waals surface area contributed by atoms with Crippen molar-refractivity contribution in [2.45, 2.75) is 32.4 Å². The van der Waals surface area contributed by atoms with E-state index in [4.69, 9.17) is 14.2 Å². The summed E-state index contributed by atoms with van der Waals surface area (Å²) in [4.78, 5) is 0. The maximum atomic E-state index is 6.11. The molecule has 1 aromatic rings. The Hall–Kier alpha value is -1.26. The van der Waals surface area contributed by atoms with Crippen molar-refractivity contribution >= 4 is 0 Å². The average Bonchev–Trinajstić information content (AvgIpc) is 2.47. The zero-order valence-corrected chi connectivity index (χ0v) is 11.8. The summed E-state index contributed by atoms with van der Waals surface area (Å²) in [7, 11) is 1.69. The number of hydrogen-bond donors (Lipinski definition) is 1. The van der Waals surface area contributed by atoms with Crippen molar-refractivity contribution in [3.8, 4) is 11.5 Å². The van der Waals surface area contributed by atoms with Crippen LogP contribution >= 0.6 is 0 Å². The molecule has 2 rings (SSSR count). The predicted molar refractivity (Wildman–Crippen MR) is 74.8 cm³/mol. The first kappa shape index (κ1) is 14.2. The maximum Gasteiger partial charge on any atom is 0.124 e. The molecule has 1 aliphatic heterocycles. The summed E-state index contributed by atoms with van der Waals surface area (Å²) < 4.78 is 16.7. The molecule has 1 N–H and O–H groups in total. The number of methoxy groups -OCH3 is 1. The molecular formula is C15H23NO3. The number of hydrogen-bond acceptors (Lipinski definition) is 4. The second-order valence-corrected chi connectivity index (χ2v) is 4.68. The van der Waals surface area contributed by atoms with Gasteiger partial charge in [0, 0.05) is 24.9 Å². The van der Waals surface area contributed by atoms with Gasteiger partial charge in [0.15, 0.2) is 0 Å². The second-order valence-electron chi connectivity index (χ2n) is 4.68. The van der Waals surface area contributed by atoms with Crippen LogP contribution in [0.5, 0.6) is 11.5 Å². The van der Waals surface area contributed by atoms with Gasteiger partial charge in [-0.2, -0.15) is 0 Å².